The summed E-state index contributed by atoms with van der Waals surface area (Å²) >= 11 is 1.18. The molecule has 3 heterocycles. The van der Waals surface area contributed by atoms with E-state index < -0.39 is 12.0 Å². The Bertz CT molecular complexity index is 1900. The molecule has 42 heavy (non-hydrogen) atoms. The van der Waals surface area contributed by atoms with Gasteiger partial charge in [0.15, 0.2) is 22.1 Å². The number of ketones is 1. The smallest absolute Gasteiger partial charge is 0.335 e. The van der Waals surface area contributed by atoms with Crippen LogP contribution in [0.2, 0.25) is 0 Å². The van der Waals surface area contributed by atoms with Crippen LogP contribution in [0.3, 0.4) is 0 Å². The van der Waals surface area contributed by atoms with Crippen LogP contribution in [0.1, 0.15) is 48.0 Å². The number of rotatable bonds is 9. The highest BCUT2D eigenvalue weighted by Gasteiger charge is 2.33. The molecule has 0 bridgehead atoms. The summed E-state index contributed by atoms with van der Waals surface area (Å²) in [5.74, 6) is 0.859. The van der Waals surface area contributed by atoms with E-state index in [1.807, 2.05) is 0 Å². The van der Waals surface area contributed by atoms with E-state index in [0.29, 0.717) is 60.5 Å². The molecule has 10 nitrogen and oxygen atoms in total. The van der Waals surface area contributed by atoms with Gasteiger partial charge in [0.25, 0.3) is 5.56 Å². The minimum atomic E-state index is -1.04. The number of hydrogen-bond acceptors (Lipinski definition) is 9. The lowest BCUT2D eigenvalue weighted by Gasteiger charge is -2.26. The molecule has 2 aromatic carbocycles. The summed E-state index contributed by atoms with van der Waals surface area (Å²) in [5.41, 5.74) is 1.91. The van der Waals surface area contributed by atoms with Crippen LogP contribution in [0, 0.1) is 0 Å². The largest absolute Gasteiger partial charge is 0.493 e. The number of allylic oxidation sites excluding steroid dienone is 2. The molecule has 1 aliphatic rings. The second kappa shape index (κ2) is 11.5. The monoisotopic (exact) mass is 588 g/mol. The molecule has 5 rings (SSSR count). The van der Waals surface area contributed by atoms with Gasteiger partial charge < -0.3 is 23.7 Å². The number of aromatic carboxylic acids is 1. The Morgan fingerprint density at radius 3 is 2.40 bits per heavy atom. The molecule has 11 heteroatoms. The molecule has 0 aliphatic carbocycles. The maximum atomic E-state index is 13.9. The fraction of sp³-hybridized carbons (Fsp3) is 0.226. The average molecular weight is 589 g/mol. The lowest BCUT2D eigenvalue weighted by Crippen LogP contribution is -2.39. The first-order valence-corrected chi connectivity index (χ1v) is 13.8. The Kier molecular flexibility index (Phi) is 7.86. The number of carboxylic acid groups (broad SMARTS) is 1. The third-order valence-corrected chi connectivity index (χ3v) is 7.92. The van der Waals surface area contributed by atoms with Crippen LogP contribution in [0.15, 0.2) is 74.0 Å². The van der Waals surface area contributed by atoms with E-state index in [1.165, 1.54) is 49.4 Å². The predicted molar refractivity (Wildman–Crippen MR) is 156 cm³/mol. The summed E-state index contributed by atoms with van der Waals surface area (Å²) in [6.07, 6.45) is 1.84. The number of carboxylic acids is 1. The second-order valence-corrected chi connectivity index (χ2v) is 10.4. The van der Waals surface area contributed by atoms with Crippen molar-refractivity contribution >= 4 is 29.2 Å². The number of carbonyl (C=O) groups excluding carboxylic acids is 1. The molecule has 0 saturated carbocycles. The van der Waals surface area contributed by atoms with Crippen LogP contribution >= 0.6 is 11.3 Å². The highest BCUT2D eigenvalue weighted by atomic mass is 32.1. The third-order valence-electron chi connectivity index (χ3n) is 6.94. The molecule has 1 unspecified atom stereocenters. The molecule has 0 fully saturated rings. The molecule has 4 aromatic rings. The number of Topliss-reactive ketones (excluding diaryl/α,β-unsaturated/α-hetero) is 1. The number of carbonyl (C=O) groups is 2. The fourth-order valence-electron chi connectivity index (χ4n) is 4.96. The molecule has 0 radical (unpaired) electrons. The van der Waals surface area contributed by atoms with Crippen molar-refractivity contribution in [2.45, 2.75) is 26.3 Å². The quantitative estimate of drug-likeness (QED) is 0.308. The highest BCUT2D eigenvalue weighted by molar-refractivity contribution is 7.07. The molecule has 1 atom stereocenters. The number of furan rings is 1. The van der Waals surface area contributed by atoms with Crippen LogP contribution in [0.4, 0.5) is 0 Å². The zero-order valence-corrected chi connectivity index (χ0v) is 24.4. The Morgan fingerprint density at radius 2 is 1.79 bits per heavy atom. The van der Waals surface area contributed by atoms with Gasteiger partial charge in [-0.25, -0.2) is 9.79 Å². The zero-order valence-electron chi connectivity index (χ0n) is 23.6. The fourth-order valence-corrected chi connectivity index (χ4v) is 5.99. The number of methoxy groups -OCH3 is 3. The van der Waals surface area contributed by atoms with Gasteiger partial charge in [-0.1, -0.05) is 30.4 Å². The van der Waals surface area contributed by atoms with Crippen LogP contribution in [-0.4, -0.2) is 42.8 Å². The van der Waals surface area contributed by atoms with Gasteiger partial charge in [-0.05, 0) is 48.9 Å². The first-order chi connectivity index (χ1) is 20.2. The van der Waals surface area contributed by atoms with Crippen molar-refractivity contribution in [1.82, 2.24) is 4.57 Å². The van der Waals surface area contributed by atoms with Gasteiger partial charge in [-0.15, -0.1) is 0 Å². The van der Waals surface area contributed by atoms with Crippen molar-refractivity contribution in [1.29, 1.82) is 0 Å². The van der Waals surface area contributed by atoms with E-state index in [0.717, 1.165) is 0 Å². The standard InChI is InChI=1S/C31H28N2O8S/c1-6-21(34)26-16(2)32-31-33(27(26)19-13-23(38-3)28(40-5)24(14-19)39-4)29(35)25(42-31)15-20-10-11-22(41-20)17-8-7-9-18(12-17)30(36)37/h7-15,27H,6H2,1-5H3,(H,36,37)/b25-15-. The minimum absolute atomic E-state index is 0.136. The predicted octanol–water partition coefficient (Wildman–Crippen LogP) is 4.20. The van der Waals surface area contributed by atoms with Crippen molar-refractivity contribution in [3.05, 3.63) is 96.4 Å². The van der Waals surface area contributed by atoms with Gasteiger partial charge in [0, 0.05) is 29.3 Å². The van der Waals surface area contributed by atoms with Crippen LogP contribution in [0.25, 0.3) is 17.4 Å². The number of ether oxygens (including phenoxy) is 3. The Morgan fingerprint density at radius 1 is 1.07 bits per heavy atom. The summed E-state index contributed by atoms with van der Waals surface area (Å²) in [6.45, 7) is 3.52. The van der Waals surface area contributed by atoms with E-state index in [4.69, 9.17) is 18.6 Å². The first kappa shape index (κ1) is 28.6. The van der Waals surface area contributed by atoms with Crippen molar-refractivity contribution in [3.8, 4) is 28.6 Å². The molecule has 0 amide bonds. The van der Waals surface area contributed by atoms with Crippen molar-refractivity contribution < 1.29 is 33.3 Å². The van der Waals surface area contributed by atoms with E-state index in [1.54, 1.807) is 56.3 Å². The first-order valence-electron chi connectivity index (χ1n) is 13.0. The molecule has 0 spiro atoms. The SMILES string of the molecule is CCC(=O)C1=C(C)N=c2s/c(=C\c3ccc(-c4cccc(C(=O)O)c4)o3)c(=O)n2C1c1cc(OC)c(OC)c(OC)c1. The number of aromatic nitrogens is 1. The van der Waals surface area contributed by atoms with E-state index in [-0.39, 0.29) is 23.3 Å². The van der Waals surface area contributed by atoms with E-state index in [9.17, 15) is 19.5 Å². The lowest BCUT2D eigenvalue weighted by atomic mass is 9.91. The van der Waals surface area contributed by atoms with Crippen LogP contribution in [-0.2, 0) is 4.79 Å². The normalized spacial score (nSPS) is 14.8. The highest BCUT2D eigenvalue weighted by Crippen LogP contribution is 2.42. The van der Waals surface area contributed by atoms with E-state index in [2.05, 4.69) is 4.99 Å². The van der Waals surface area contributed by atoms with Crippen molar-refractivity contribution in [2.75, 3.05) is 21.3 Å². The maximum absolute atomic E-state index is 13.9. The number of fused-ring (bicyclic) bond motifs is 1. The molecule has 1 aliphatic heterocycles. The number of thiazole rings is 1. The van der Waals surface area contributed by atoms with Crippen LogP contribution in [0.5, 0.6) is 17.2 Å². The number of hydrogen-bond donors (Lipinski definition) is 1. The van der Waals surface area contributed by atoms with Gasteiger partial charge in [0.1, 0.15) is 11.5 Å². The van der Waals surface area contributed by atoms with E-state index >= 15 is 0 Å². The topological polar surface area (TPSA) is 130 Å². The molecule has 2 aromatic heterocycles. The third kappa shape index (κ3) is 5.03. The molecule has 0 saturated heterocycles. The zero-order chi connectivity index (χ0) is 30.1. The maximum Gasteiger partial charge on any atom is 0.335 e. The molecular weight excluding hydrogens is 560 g/mol. The minimum Gasteiger partial charge on any atom is -0.493 e. The Balaban J connectivity index is 1.67. The average Bonchev–Trinajstić information content (AvgIpc) is 3.59. The lowest BCUT2D eigenvalue weighted by molar-refractivity contribution is -0.115. The van der Waals surface area contributed by atoms with Gasteiger partial charge in [-0.3, -0.25) is 14.2 Å². The van der Waals surface area contributed by atoms with Gasteiger partial charge in [0.2, 0.25) is 5.75 Å². The summed E-state index contributed by atoms with van der Waals surface area (Å²) < 4.78 is 24.4. The summed E-state index contributed by atoms with van der Waals surface area (Å²) in [5, 5.41) is 9.32. The van der Waals surface area contributed by atoms with Crippen LogP contribution < -0.4 is 29.1 Å². The molecular formula is C31H28N2O8S. The van der Waals surface area contributed by atoms with Crippen molar-refractivity contribution in [3.63, 3.8) is 0 Å². The summed E-state index contributed by atoms with van der Waals surface area (Å²) in [4.78, 5) is 43.6. The van der Waals surface area contributed by atoms with Gasteiger partial charge >= 0.3 is 5.97 Å². The summed E-state index contributed by atoms with van der Waals surface area (Å²) in [7, 11) is 4.50. The molecule has 216 valence electrons. The van der Waals surface area contributed by atoms with Gasteiger partial charge in [-0.2, -0.15) is 0 Å². The number of nitrogens with zero attached hydrogens (tertiary/aromatic N) is 2. The van der Waals surface area contributed by atoms with Crippen molar-refractivity contribution in [2.24, 2.45) is 4.99 Å². The number of benzene rings is 2. The molecule has 1 N–H and O–H groups in total. The summed E-state index contributed by atoms with van der Waals surface area (Å²) in [6, 6.07) is 12.5. The second-order valence-electron chi connectivity index (χ2n) is 9.41. The Labute approximate surface area is 244 Å². The Hall–Kier alpha value is -4.90. The van der Waals surface area contributed by atoms with Gasteiger partial charge in [0.05, 0.1) is 37.5 Å².